The highest BCUT2D eigenvalue weighted by Crippen LogP contribution is 2.34. The van der Waals surface area contributed by atoms with Gasteiger partial charge in [-0.2, -0.15) is 0 Å². The van der Waals surface area contributed by atoms with E-state index in [-0.39, 0.29) is 47.5 Å². The molecule has 0 aliphatic carbocycles. The van der Waals surface area contributed by atoms with E-state index in [0.717, 1.165) is 22.4 Å². The summed E-state index contributed by atoms with van der Waals surface area (Å²) >= 11 is 0. The number of carboxylic acids is 1. The molecule has 10 heteroatoms. The predicted molar refractivity (Wildman–Crippen MR) is 173 cm³/mol. The molecule has 0 fully saturated rings. The lowest BCUT2D eigenvalue weighted by atomic mass is 9.85. The Kier molecular flexibility index (Phi) is 10.4. The summed E-state index contributed by atoms with van der Waals surface area (Å²) in [5.41, 5.74) is 4.30. The SMILES string of the molecule is Br.CNC(=O)c1cc2c(cc1N(C)C)CN(CC(=O)c1ccc(OC(Cc3ccccc3)C(=O)O)c(C(C)(C)C)c1)C2=N. The zero-order valence-electron chi connectivity index (χ0n) is 25.4. The maximum Gasteiger partial charge on any atom is 0.345 e. The van der Waals surface area contributed by atoms with Crippen LogP contribution in [-0.4, -0.2) is 67.3 Å². The monoisotopic (exact) mass is 650 g/mol. The third-order valence-corrected chi connectivity index (χ3v) is 7.36. The van der Waals surface area contributed by atoms with E-state index in [4.69, 9.17) is 10.1 Å². The maximum atomic E-state index is 13.5. The van der Waals surface area contributed by atoms with E-state index in [1.807, 2.05) is 76.2 Å². The van der Waals surface area contributed by atoms with Gasteiger partial charge in [-0.25, -0.2) is 4.79 Å². The first-order chi connectivity index (χ1) is 19.8. The van der Waals surface area contributed by atoms with E-state index in [0.29, 0.717) is 29.0 Å². The highest BCUT2D eigenvalue weighted by molar-refractivity contribution is 8.93. The van der Waals surface area contributed by atoms with Crippen molar-refractivity contribution in [3.63, 3.8) is 0 Å². The molecule has 1 atom stereocenters. The van der Waals surface area contributed by atoms with E-state index in [1.165, 1.54) is 0 Å². The van der Waals surface area contributed by atoms with E-state index in [9.17, 15) is 19.5 Å². The number of hydrogen-bond acceptors (Lipinski definition) is 6. The summed E-state index contributed by atoms with van der Waals surface area (Å²) in [7, 11) is 5.28. The molecule has 0 saturated heterocycles. The van der Waals surface area contributed by atoms with Gasteiger partial charge >= 0.3 is 5.97 Å². The zero-order valence-corrected chi connectivity index (χ0v) is 27.1. The molecule has 0 spiro atoms. The van der Waals surface area contributed by atoms with Crippen LogP contribution in [0.1, 0.15) is 63.7 Å². The first-order valence-electron chi connectivity index (χ1n) is 13.8. The summed E-state index contributed by atoms with van der Waals surface area (Å²) in [4.78, 5) is 41.6. The van der Waals surface area contributed by atoms with Gasteiger partial charge in [-0.1, -0.05) is 51.1 Å². The van der Waals surface area contributed by atoms with Crippen molar-refractivity contribution in [2.24, 2.45) is 0 Å². The normalized spacial score (nSPS) is 13.1. The van der Waals surface area contributed by atoms with E-state index in [2.05, 4.69) is 5.32 Å². The Labute approximate surface area is 263 Å². The second kappa shape index (κ2) is 13.4. The first kappa shape index (κ1) is 33.3. The topological polar surface area (TPSA) is 123 Å². The number of ketones is 1. The number of nitrogens with one attached hydrogen (secondary N) is 2. The van der Waals surface area contributed by atoms with Gasteiger partial charge in [0, 0.05) is 56.5 Å². The summed E-state index contributed by atoms with van der Waals surface area (Å²) in [6.07, 6.45) is -0.889. The van der Waals surface area contributed by atoms with Crippen LogP contribution >= 0.6 is 17.0 Å². The number of aliphatic carboxylic acids is 1. The number of nitrogens with zero attached hydrogens (tertiary/aromatic N) is 2. The highest BCUT2D eigenvalue weighted by atomic mass is 79.9. The Morgan fingerprint density at radius 2 is 1.74 bits per heavy atom. The molecule has 0 aromatic heterocycles. The first-order valence-corrected chi connectivity index (χ1v) is 13.8. The van der Waals surface area contributed by atoms with Crippen molar-refractivity contribution in [2.45, 2.75) is 45.3 Å². The Morgan fingerprint density at radius 3 is 2.33 bits per heavy atom. The van der Waals surface area contributed by atoms with Crippen molar-refractivity contribution in [1.82, 2.24) is 10.2 Å². The standard InChI is InChI=1S/C33H38N4O5.BrH/c1-33(2,3)25-15-21(12-13-28(25)42-29(32(40)41)14-20-10-8-7-9-11-20)27(38)19-37-18-22-16-26(36(5)6)24(31(39)35-4)17-23(22)30(37)34;/h7-13,15-17,29,34H,14,18-19H2,1-6H3,(H,35,39)(H,40,41);1H. The van der Waals surface area contributed by atoms with Gasteiger partial charge in [0.25, 0.3) is 5.91 Å². The van der Waals surface area contributed by atoms with Crippen LogP contribution in [0.4, 0.5) is 5.69 Å². The fourth-order valence-corrected chi connectivity index (χ4v) is 5.08. The van der Waals surface area contributed by atoms with Crippen LogP contribution in [-0.2, 0) is 23.2 Å². The molecule has 1 aliphatic heterocycles. The Morgan fingerprint density at radius 1 is 1.07 bits per heavy atom. The van der Waals surface area contributed by atoms with Crippen LogP contribution < -0.4 is 15.0 Å². The number of anilines is 1. The van der Waals surface area contributed by atoms with Gasteiger partial charge in [-0.15, -0.1) is 17.0 Å². The number of benzene rings is 3. The number of carbonyl (C=O) groups is 3. The molecule has 0 bridgehead atoms. The lowest BCUT2D eigenvalue weighted by Gasteiger charge is -2.26. The number of carbonyl (C=O) groups excluding carboxylic acids is 2. The van der Waals surface area contributed by atoms with Gasteiger partial charge in [0.15, 0.2) is 11.9 Å². The van der Waals surface area contributed by atoms with Crippen LogP contribution in [0, 0.1) is 5.41 Å². The van der Waals surface area contributed by atoms with E-state index >= 15 is 0 Å². The van der Waals surface area contributed by atoms with Crippen LogP contribution in [0.3, 0.4) is 0 Å². The number of fused-ring (bicyclic) bond motifs is 1. The van der Waals surface area contributed by atoms with Crippen molar-refractivity contribution in [2.75, 3.05) is 32.6 Å². The fraction of sp³-hybridized carbons (Fsp3) is 0.333. The number of rotatable bonds is 10. The molecule has 0 radical (unpaired) electrons. The summed E-state index contributed by atoms with van der Waals surface area (Å²) in [5, 5.41) is 21.3. The minimum Gasteiger partial charge on any atom is -0.478 e. The average Bonchev–Trinajstić information content (AvgIpc) is 3.25. The smallest absolute Gasteiger partial charge is 0.345 e. The van der Waals surface area contributed by atoms with Gasteiger partial charge in [0.2, 0.25) is 0 Å². The molecule has 228 valence electrons. The maximum absolute atomic E-state index is 13.5. The number of hydrogen-bond donors (Lipinski definition) is 3. The van der Waals surface area contributed by atoms with Crippen molar-refractivity contribution in [1.29, 1.82) is 5.41 Å². The van der Waals surface area contributed by atoms with Crippen molar-refractivity contribution in [3.05, 3.63) is 94.0 Å². The molecule has 3 aromatic rings. The summed E-state index contributed by atoms with van der Waals surface area (Å²) in [6, 6.07) is 18.0. The van der Waals surface area contributed by atoms with Crippen LogP contribution in [0.5, 0.6) is 5.75 Å². The Bertz CT molecular complexity index is 1530. The molecule has 1 aliphatic rings. The van der Waals surface area contributed by atoms with Crippen molar-refractivity contribution in [3.8, 4) is 5.75 Å². The summed E-state index contributed by atoms with van der Waals surface area (Å²) in [5.74, 6) is -0.877. The average molecular weight is 652 g/mol. The molecule has 3 N–H and O–H groups in total. The fourth-order valence-electron chi connectivity index (χ4n) is 5.08. The molecule has 1 unspecified atom stereocenters. The molecule has 1 heterocycles. The lowest BCUT2D eigenvalue weighted by molar-refractivity contribution is -0.145. The number of Topliss-reactive ketones (excluding diaryl/α,β-unsaturated/α-hetero) is 1. The van der Waals surface area contributed by atoms with E-state index in [1.54, 1.807) is 36.2 Å². The number of halogens is 1. The van der Waals surface area contributed by atoms with Crippen LogP contribution in [0.25, 0.3) is 0 Å². The molecule has 1 amide bonds. The number of amidine groups is 1. The van der Waals surface area contributed by atoms with Gasteiger partial charge < -0.3 is 25.0 Å². The minimum absolute atomic E-state index is 0. The molecular weight excluding hydrogens is 612 g/mol. The zero-order chi connectivity index (χ0) is 30.8. The predicted octanol–water partition coefficient (Wildman–Crippen LogP) is 5.09. The van der Waals surface area contributed by atoms with Gasteiger partial charge in [-0.05, 0) is 46.9 Å². The quantitative estimate of drug-likeness (QED) is 0.261. The van der Waals surface area contributed by atoms with Crippen molar-refractivity contribution >= 4 is 46.2 Å². The molecule has 0 saturated carbocycles. The van der Waals surface area contributed by atoms with Gasteiger partial charge in [-0.3, -0.25) is 15.0 Å². The molecule has 3 aromatic carbocycles. The number of amides is 1. The van der Waals surface area contributed by atoms with Gasteiger partial charge in [0.1, 0.15) is 11.6 Å². The molecule has 9 nitrogen and oxygen atoms in total. The Balaban J connectivity index is 0.00000506. The third-order valence-electron chi connectivity index (χ3n) is 7.36. The third kappa shape index (κ3) is 7.43. The largest absolute Gasteiger partial charge is 0.478 e. The number of carboxylic acid groups (broad SMARTS) is 1. The molecule has 43 heavy (non-hydrogen) atoms. The Hall–Kier alpha value is -4.18. The molecule has 4 rings (SSSR count). The second-order valence-corrected chi connectivity index (χ2v) is 11.7. The summed E-state index contributed by atoms with van der Waals surface area (Å²) in [6.45, 7) is 6.30. The van der Waals surface area contributed by atoms with Crippen molar-refractivity contribution < 1.29 is 24.2 Å². The second-order valence-electron chi connectivity index (χ2n) is 11.7. The molecular formula is C33H39BrN4O5. The van der Waals surface area contributed by atoms with Crippen LogP contribution in [0.2, 0.25) is 0 Å². The lowest BCUT2D eigenvalue weighted by Crippen LogP contribution is -2.31. The van der Waals surface area contributed by atoms with E-state index < -0.39 is 17.5 Å². The summed E-state index contributed by atoms with van der Waals surface area (Å²) < 4.78 is 6.04. The number of ether oxygens (including phenoxy) is 1. The van der Waals surface area contributed by atoms with Crippen LogP contribution in [0.15, 0.2) is 60.7 Å². The highest BCUT2D eigenvalue weighted by Gasteiger charge is 2.30. The van der Waals surface area contributed by atoms with Gasteiger partial charge in [0.05, 0.1) is 12.1 Å². The minimum atomic E-state index is -1.09.